The molecular weight excluding hydrogens is 441 g/mol. The van der Waals surface area contributed by atoms with Crippen molar-refractivity contribution < 1.29 is 18.0 Å². The molecule has 7 nitrogen and oxygen atoms in total. The van der Waals surface area contributed by atoms with Gasteiger partial charge in [0, 0.05) is 18.2 Å². The van der Waals surface area contributed by atoms with E-state index in [0.29, 0.717) is 47.3 Å². The molecule has 0 bridgehead atoms. The first-order valence-electron chi connectivity index (χ1n) is 10.1. The highest BCUT2D eigenvalue weighted by Crippen LogP contribution is 2.35. The Balaban J connectivity index is 1.71. The van der Waals surface area contributed by atoms with Crippen LogP contribution in [0.5, 0.6) is 0 Å². The normalized spacial score (nSPS) is 16.2. The minimum atomic E-state index is -4.46. The van der Waals surface area contributed by atoms with Gasteiger partial charge in [-0.3, -0.25) is 10.2 Å². The van der Waals surface area contributed by atoms with Crippen molar-refractivity contribution in [3.63, 3.8) is 0 Å². The number of anilines is 3. The molecule has 1 atom stereocenters. The summed E-state index contributed by atoms with van der Waals surface area (Å²) in [5.41, 5.74) is 0.534. The van der Waals surface area contributed by atoms with Crippen LogP contribution in [0.3, 0.4) is 0 Å². The number of nitrogens with zero attached hydrogens (tertiary/aromatic N) is 4. The lowest BCUT2D eigenvalue weighted by molar-refractivity contribution is -0.137. The number of aryl methyl sites for hydroxylation is 1. The van der Waals surface area contributed by atoms with E-state index < -0.39 is 17.8 Å². The second-order valence-corrected chi connectivity index (χ2v) is 8.43. The SMILES string of the molecule is CCc1nnc(NC(=O)N2c3nc(-c4cccc(C(F)(F)F)c4)ccc3NCC[C@H]2C)s1. The fraction of sp³-hybridized carbons (Fsp3) is 0.333. The van der Waals surface area contributed by atoms with Gasteiger partial charge in [-0.1, -0.05) is 30.4 Å². The van der Waals surface area contributed by atoms with Crippen LogP contribution in [0.2, 0.25) is 0 Å². The molecule has 4 rings (SSSR count). The summed E-state index contributed by atoms with van der Waals surface area (Å²) in [6, 6.07) is 7.74. The Morgan fingerprint density at radius 2 is 2.09 bits per heavy atom. The van der Waals surface area contributed by atoms with Gasteiger partial charge < -0.3 is 5.32 Å². The summed E-state index contributed by atoms with van der Waals surface area (Å²) in [6.07, 6.45) is -3.08. The number of benzene rings is 1. The molecule has 2 aromatic heterocycles. The maximum Gasteiger partial charge on any atom is 0.416 e. The highest BCUT2D eigenvalue weighted by atomic mass is 32.1. The number of halogens is 3. The van der Waals surface area contributed by atoms with Gasteiger partial charge in [0.05, 0.1) is 16.9 Å². The number of pyridine rings is 1. The van der Waals surface area contributed by atoms with E-state index >= 15 is 0 Å². The van der Waals surface area contributed by atoms with E-state index in [1.54, 1.807) is 18.2 Å². The van der Waals surface area contributed by atoms with Crippen LogP contribution in [0, 0.1) is 0 Å². The number of urea groups is 1. The molecule has 1 aromatic carbocycles. The molecule has 0 radical (unpaired) electrons. The molecule has 3 heterocycles. The van der Waals surface area contributed by atoms with Crippen molar-refractivity contribution >= 4 is 34.0 Å². The van der Waals surface area contributed by atoms with Crippen LogP contribution in [0.15, 0.2) is 36.4 Å². The number of hydrogen-bond acceptors (Lipinski definition) is 6. The first kappa shape index (κ1) is 22.0. The molecule has 0 aliphatic carbocycles. The standard InChI is InChI=1S/C21H21F3N6OS/c1-3-17-28-29-19(32-17)27-20(31)30-12(2)9-10-25-16-8-7-15(26-18(16)30)13-5-4-6-14(11-13)21(22,23)24/h4-8,11-12,25H,3,9-10H2,1-2H3,(H,27,29,31)/t12-/m1/s1. The minimum Gasteiger partial charge on any atom is -0.382 e. The van der Waals surface area contributed by atoms with Gasteiger partial charge >= 0.3 is 12.2 Å². The number of aromatic nitrogens is 3. The Bertz CT molecular complexity index is 1130. The van der Waals surface area contributed by atoms with E-state index in [9.17, 15) is 18.0 Å². The third kappa shape index (κ3) is 4.52. The maximum atomic E-state index is 13.2. The number of fused-ring (bicyclic) bond motifs is 1. The summed E-state index contributed by atoms with van der Waals surface area (Å²) in [7, 11) is 0. The fourth-order valence-electron chi connectivity index (χ4n) is 3.43. The largest absolute Gasteiger partial charge is 0.416 e. The second-order valence-electron chi connectivity index (χ2n) is 7.37. The summed E-state index contributed by atoms with van der Waals surface area (Å²) in [5.74, 6) is 0.350. The topological polar surface area (TPSA) is 83.0 Å². The number of carbonyl (C=O) groups excluding carboxylic acids is 1. The molecule has 0 saturated carbocycles. The number of hydrogen-bond donors (Lipinski definition) is 2. The summed E-state index contributed by atoms with van der Waals surface area (Å²) in [6.45, 7) is 4.47. The number of carbonyl (C=O) groups is 1. The molecule has 32 heavy (non-hydrogen) atoms. The molecule has 0 spiro atoms. The predicted molar refractivity (Wildman–Crippen MR) is 118 cm³/mol. The van der Waals surface area contributed by atoms with Gasteiger partial charge in [-0.25, -0.2) is 9.78 Å². The van der Waals surface area contributed by atoms with Gasteiger partial charge in [0.15, 0.2) is 5.82 Å². The highest BCUT2D eigenvalue weighted by Gasteiger charge is 2.32. The van der Waals surface area contributed by atoms with E-state index in [1.165, 1.54) is 22.3 Å². The van der Waals surface area contributed by atoms with Gasteiger partial charge in [0.2, 0.25) is 5.13 Å². The van der Waals surface area contributed by atoms with Crippen LogP contribution in [0.4, 0.5) is 34.6 Å². The molecule has 2 amide bonds. The van der Waals surface area contributed by atoms with E-state index in [0.717, 1.165) is 17.1 Å². The summed E-state index contributed by atoms with van der Waals surface area (Å²) < 4.78 is 39.5. The van der Waals surface area contributed by atoms with E-state index in [4.69, 9.17) is 0 Å². The minimum absolute atomic E-state index is 0.202. The average molecular weight is 463 g/mol. The van der Waals surface area contributed by atoms with Crippen molar-refractivity contribution in [2.75, 3.05) is 22.1 Å². The molecule has 168 valence electrons. The first-order chi connectivity index (χ1) is 15.3. The van der Waals surface area contributed by atoms with Crippen molar-refractivity contribution in [1.82, 2.24) is 15.2 Å². The van der Waals surface area contributed by atoms with Gasteiger partial charge in [0.25, 0.3) is 0 Å². The van der Waals surface area contributed by atoms with Crippen LogP contribution in [-0.2, 0) is 12.6 Å². The smallest absolute Gasteiger partial charge is 0.382 e. The van der Waals surface area contributed by atoms with E-state index in [-0.39, 0.29) is 6.04 Å². The molecule has 2 N–H and O–H groups in total. The number of amides is 2. The maximum absolute atomic E-state index is 13.2. The Hall–Kier alpha value is -3.21. The van der Waals surface area contributed by atoms with Crippen molar-refractivity contribution in [3.05, 3.63) is 47.0 Å². The lowest BCUT2D eigenvalue weighted by Gasteiger charge is -2.27. The zero-order valence-corrected chi connectivity index (χ0v) is 18.2. The Morgan fingerprint density at radius 1 is 1.28 bits per heavy atom. The van der Waals surface area contributed by atoms with Gasteiger partial charge in [0.1, 0.15) is 5.01 Å². The van der Waals surface area contributed by atoms with Crippen LogP contribution in [0.25, 0.3) is 11.3 Å². The molecule has 0 saturated heterocycles. The second kappa shape index (κ2) is 8.73. The Morgan fingerprint density at radius 3 is 2.81 bits per heavy atom. The molecule has 1 aliphatic rings. The number of alkyl halides is 3. The van der Waals surface area contributed by atoms with Gasteiger partial charge in [-0.2, -0.15) is 13.2 Å². The third-order valence-corrected chi connectivity index (χ3v) is 6.09. The summed E-state index contributed by atoms with van der Waals surface area (Å²) in [4.78, 5) is 19.3. The van der Waals surface area contributed by atoms with Crippen LogP contribution in [-0.4, -0.2) is 33.8 Å². The third-order valence-electron chi connectivity index (χ3n) is 5.11. The Labute approximate surface area is 186 Å². The zero-order chi connectivity index (χ0) is 22.9. The average Bonchev–Trinajstić information content (AvgIpc) is 3.14. The van der Waals surface area contributed by atoms with Gasteiger partial charge in [-0.15, -0.1) is 10.2 Å². The van der Waals surface area contributed by atoms with Crippen molar-refractivity contribution in [2.24, 2.45) is 0 Å². The van der Waals surface area contributed by atoms with Crippen LogP contribution >= 0.6 is 11.3 Å². The van der Waals surface area contributed by atoms with Crippen molar-refractivity contribution in [3.8, 4) is 11.3 Å². The lowest BCUT2D eigenvalue weighted by atomic mass is 10.1. The summed E-state index contributed by atoms with van der Waals surface area (Å²) in [5, 5.41) is 15.2. The molecular formula is C21H21F3N6OS. The highest BCUT2D eigenvalue weighted by molar-refractivity contribution is 7.15. The van der Waals surface area contributed by atoms with Crippen molar-refractivity contribution in [2.45, 2.75) is 38.9 Å². The summed E-state index contributed by atoms with van der Waals surface area (Å²) >= 11 is 1.29. The zero-order valence-electron chi connectivity index (χ0n) is 17.4. The number of nitrogens with one attached hydrogen (secondary N) is 2. The molecule has 0 fully saturated rings. The van der Waals surface area contributed by atoms with Gasteiger partial charge in [-0.05, 0) is 44.0 Å². The molecule has 0 unspecified atom stereocenters. The first-order valence-corrected chi connectivity index (χ1v) is 10.9. The lowest BCUT2D eigenvalue weighted by Crippen LogP contribution is -2.42. The molecule has 11 heteroatoms. The molecule has 1 aliphatic heterocycles. The fourth-order valence-corrected chi connectivity index (χ4v) is 4.10. The van der Waals surface area contributed by atoms with Crippen molar-refractivity contribution in [1.29, 1.82) is 0 Å². The molecule has 3 aromatic rings. The quantitative estimate of drug-likeness (QED) is 0.543. The van der Waals surface area contributed by atoms with E-state index in [1.807, 2.05) is 13.8 Å². The number of rotatable bonds is 3. The monoisotopic (exact) mass is 462 g/mol. The van der Waals surface area contributed by atoms with E-state index in [2.05, 4.69) is 25.8 Å². The van der Waals surface area contributed by atoms with Crippen LogP contribution < -0.4 is 15.5 Å². The van der Waals surface area contributed by atoms with Crippen LogP contribution in [0.1, 0.15) is 30.8 Å². The predicted octanol–water partition coefficient (Wildman–Crippen LogP) is 5.42. The Kier molecular flexibility index (Phi) is 6.00.